The Balaban J connectivity index is 2.03. The minimum Gasteiger partial charge on any atom is -0.481 e. The highest BCUT2D eigenvalue weighted by molar-refractivity contribution is 5.73. The molecule has 1 amide bonds. The number of hydrogen-bond donors (Lipinski definition) is 0. The first-order chi connectivity index (χ1) is 15.4. The number of benzene rings is 1. The van der Waals surface area contributed by atoms with Crippen molar-refractivity contribution in [2.45, 2.75) is 66.3 Å². The van der Waals surface area contributed by atoms with Gasteiger partial charge in [-0.2, -0.15) is 4.98 Å². The maximum atomic E-state index is 11.8. The number of ether oxygens (including phenoxy) is 1. The molecule has 6 nitrogen and oxygen atoms in total. The van der Waals surface area contributed by atoms with Crippen LogP contribution >= 0.6 is 0 Å². The second-order valence-electron chi connectivity index (χ2n) is 8.56. The lowest BCUT2D eigenvalue weighted by molar-refractivity contribution is -0.130. The number of piperazine rings is 1. The SMILES string of the molecule is CCCC(c1c(C)nc(-c2c(CC)cccc2CC)nc1OC)N1CCN(C(C)=O)CC1. The second-order valence-corrected chi connectivity index (χ2v) is 8.56. The van der Waals surface area contributed by atoms with Crippen molar-refractivity contribution in [3.63, 3.8) is 0 Å². The summed E-state index contributed by atoms with van der Waals surface area (Å²) in [5, 5.41) is 0. The van der Waals surface area contributed by atoms with Crippen molar-refractivity contribution in [1.29, 1.82) is 0 Å². The van der Waals surface area contributed by atoms with Crippen LogP contribution in [0, 0.1) is 6.92 Å². The van der Waals surface area contributed by atoms with Crippen molar-refractivity contribution >= 4 is 5.91 Å². The molecule has 0 saturated carbocycles. The molecule has 174 valence electrons. The van der Waals surface area contributed by atoms with Gasteiger partial charge >= 0.3 is 0 Å². The Kier molecular flexibility index (Phi) is 8.24. The van der Waals surface area contributed by atoms with E-state index in [-0.39, 0.29) is 11.9 Å². The van der Waals surface area contributed by atoms with E-state index >= 15 is 0 Å². The third-order valence-electron chi connectivity index (χ3n) is 6.61. The van der Waals surface area contributed by atoms with Crippen LogP contribution in [0.4, 0.5) is 0 Å². The van der Waals surface area contributed by atoms with Crippen LogP contribution in [0.2, 0.25) is 0 Å². The first-order valence-corrected chi connectivity index (χ1v) is 12.0. The van der Waals surface area contributed by atoms with Crippen molar-refractivity contribution in [3.8, 4) is 17.3 Å². The number of aryl methyl sites for hydroxylation is 3. The molecular formula is C26H38N4O2. The molecular weight excluding hydrogens is 400 g/mol. The maximum Gasteiger partial charge on any atom is 0.221 e. The van der Waals surface area contributed by atoms with E-state index in [2.05, 4.69) is 50.8 Å². The Morgan fingerprint density at radius 1 is 1.06 bits per heavy atom. The summed E-state index contributed by atoms with van der Waals surface area (Å²) in [7, 11) is 1.71. The Labute approximate surface area is 193 Å². The lowest BCUT2D eigenvalue weighted by atomic mass is 9.95. The van der Waals surface area contributed by atoms with Crippen molar-refractivity contribution in [3.05, 3.63) is 40.6 Å². The summed E-state index contributed by atoms with van der Waals surface area (Å²) in [6, 6.07) is 6.65. The first-order valence-electron chi connectivity index (χ1n) is 12.0. The van der Waals surface area contributed by atoms with Gasteiger partial charge in [0, 0.05) is 44.7 Å². The average Bonchev–Trinajstić information content (AvgIpc) is 2.81. The van der Waals surface area contributed by atoms with Crippen LogP contribution < -0.4 is 4.74 Å². The van der Waals surface area contributed by atoms with E-state index in [1.165, 1.54) is 11.1 Å². The summed E-state index contributed by atoms with van der Waals surface area (Å²) < 4.78 is 5.87. The summed E-state index contributed by atoms with van der Waals surface area (Å²) >= 11 is 0. The average molecular weight is 439 g/mol. The van der Waals surface area contributed by atoms with Crippen LogP contribution in [-0.4, -0.2) is 59.0 Å². The standard InChI is InChI=1S/C26H38N4O2/c1-7-11-22(30-16-14-29(15-17-30)19(5)31)23-18(4)27-25(28-26(23)32-6)24-20(8-2)12-10-13-21(24)9-3/h10,12-13,22H,7-9,11,14-17H2,1-6H3. The largest absolute Gasteiger partial charge is 0.481 e. The zero-order chi connectivity index (χ0) is 23.3. The first kappa shape index (κ1) is 24.2. The zero-order valence-electron chi connectivity index (χ0n) is 20.6. The van der Waals surface area contributed by atoms with Gasteiger partial charge in [0.05, 0.1) is 18.4 Å². The van der Waals surface area contributed by atoms with Crippen molar-refractivity contribution in [1.82, 2.24) is 19.8 Å². The molecule has 0 bridgehead atoms. The molecule has 1 unspecified atom stereocenters. The normalized spacial score (nSPS) is 15.6. The number of hydrogen-bond acceptors (Lipinski definition) is 5. The number of methoxy groups -OCH3 is 1. The van der Waals surface area contributed by atoms with E-state index < -0.39 is 0 Å². The number of amides is 1. The summed E-state index contributed by atoms with van der Waals surface area (Å²) in [5.74, 6) is 1.58. The van der Waals surface area contributed by atoms with Crippen LogP contribution in [0.5, 0.6) is 5.88 Å². The minimum absolute atomic E-state index is 0.152. The molecule has 0 radical (unpaired) electrons. The maximum absolute atomic E-state index is 11.8. The summed E-state index contributed by atoms with van der Waals surface area (Å²) in [6.07, 6.45) is 3.94. The Morgan fingerprint density at radius 2 is 1.69 bits per heavy atom. The van der Waals surface area contributed by atoms with Crippen LogP contribution in [-0.2, 0) is 17.6 Å². The van der Waals surface area contributed by atoms with E-state index in [0.29, 0.717) is 5.88 Å². The summed E-state index contributed by atoms with van der Waals surface area (Å²) in [6.45, 7) is 13.5. The van der Waals surface area contributed by atoms with Crippen LogP contribution in [0.25, 0.3) is 11.4 Å². The molecule has 2 aromatic rings. The number of carbonyl (C=O) groups is 1. The van der Waals surface area contributed by atoms with Gasteiger partial charge in [0.1, 0.15) is 0 Å². The molecule has 1 atom stereocenters. The molecule has 32 heavy (non-hydrogen) atoms. The summed E-state index contributed by atoms with van der Waals surface area (Å²) in [5.41, 5.74) is 5.74. The quantitative estimate of drug-likeness (QED) is 0.603. The Morgan fingerprint density at radius 3 is 2.19 bits per heavy atom. The predicted octanol–water partition coefficient (Wildman–Crippen LogP) is 4.59. The van der Waals surface area contributed by atoms with Crippen LogP contribution in [0.15, 0.2) is 18.2 Å². The molecule has 0 N–H and O–H groups in total. The number of nitrogens with zero attached hydrogens (tertiary/aromatic N) is 4. The van der Waals surface area contributed by atoms with Gasteiger partial charge in [-0.1, -0.05) is 45.4 Å². The van der Waals surface area contributed by atoms with Gasteiger partial charge in [-0.25, -0.2) is 4.98 Å². The zero-order valence-corrected chi connectivity index (χ0v) is 20.6. The molecule has 0 aliphatic carbocycles. The van der Waals surface area contributed by atoms with Crippen LogP contribution in [0.1, 0.15) is 69.0 Å². The lowest BCUT2D eigenvalue weighted by Crippen LogP contribution is -2.49. The number of aromatic nitrogens is 2. The fourth-order valence-electron chi connectivity index (χ4n) is 4.87. The highest BCUT2D eigenvalue weighted by Gasteiger charge is 2.30. The van der Waals surface area contributed by atoms with Crippen molar-refractivity contribution in [2.24, 2.45) is 0 Å². The van der Waals surface area contributed by atoms with E-state index in [0.717, 1.165) is 74.5 Å². The molecule has 1 aliphatic heterocycles. The van der Waals surface area contributed by atoms with E-state index in [1.807, 2.05) is 4.90 Å². The second kappa shape index (κ2) is 10.9. The molecule has 1 saturated heterocycles. The highest BCUT2D eigenvalue weighted by atomic mass is 16.5. The number of carbonyl (C=O) groups excluding carboxylic acids is 1. The molecule has 0 spiro atoms. The van der Waals surface area contributed by atoms with Crippen molar-refractivity contribution in [2.75, 3.05) is 33.3 Å². The van der Waals surface area contributed by atoms with Gasteiger partial charge in [-0.05, 0) is 37.3 Å². The van der Waals surface area contributed by atoms with Gasteiger partial charge in [-0.15, -0.1) is 0 Å². The van der Waals surface area contributed by atoms with E-state index in [1.54, 1.807) is 14.0 Å². The highest BCUT2D eigenvalue weighted by Crippen LogP contribution is 2.37. The van der Waals surface area contributed by atoms with Gasteiger partial charge in [0.2, 0.25) is 11.8 Å². The molecule has 6 heteroatoms. The summed E-state index contributed by atoms with van der Waals surface area (Å²) in [4.78, 5) is 26.1. The predicted molar refractivity (Wildman–Crippen MR) is 129 cm³/mol. The molecule has 1 aliphatic rings. The van der Waals surface area contributed by atoms with Crippen LogP contribution in [0.3, 0.4) is 0 Å². The van der Waals surface area contributed by atoms with Gasteiger partial charge in [0.15, 0.2) is 5.82 Å². The smallest absolute Gasteiger partial charge is 0.221 e. The number of rotatable bonds is 8. The van der Waals surface area contributed by atoms with E-state index in [4.69, 9.17) is 14.7 Å². The van der Waals surface area contributed by atoms with Gasteiger partial charge in [0.25, 0.3) is 0 Å². The monoisotopic (exact) mass is 438 g/mol. The fourth-order valence-corrected chi connectivity index (χ4v) is 4.87. The van der Waals surface area contributed by atoms with Gasteiger partial charge < -0.3 is 9.64 Å². The van der Waals surface area contributed by atoms with Gasteiger partial charge in [-0.3, -0.25) is 9.69 Å². The molecule has 2 heterocycles. The minimum atomic E-state index is 0.152. The van der Waals surface area contributed by atoms with E-state index in [9.17, 15) is 4.79 Å². The molecule has 1 aromatic heterocycles. The molecule has 3 rings (SSSR count). The fraction of sp³-hybridized carbons (Fsp3) is 0.577. The third kappa shape index (κ3) is 4.96. The molecule has 1 aromatic carbocycles. The topological polar surface area (TPSA) is 58.6 Å². The third-order valence-corrected chi connectivity index (χ3v) is 6.61. The Bertz CT molecular complexity index is 913. The lowest BCUT2D eigenvalue weighted by Gasteiger charge is -2.39. The van der Waals surface area contributed by atoms with Crippen molar-refractivity contribution < 1.29 is 9.53 Å². The molecule has 1 fully saturated rings. The Hall–Kier alpha value is -2.47.